The lowest BCUT2D eigenvalue weighted by Gasteiger charge is -2.31. The first-order valence-corrected chi connectivity index (χ1v) is 8.32. The SMILES string of the molecule is CNC1CCN(C(=O)CCc2ncc(-c3ccccc3F)o2)CC1. The number of nitrogens with one attached hydrogen (secondary N) is 1. The Balaban J connectivity index is 1.54. The Hall–Kier alpha value is -2.21. The minimum absolute atomic E-state index is 0.121. The van der Waals surface area contributed by atoms with Crippen molar-refractivity contribution in [3.8, 4) is 11.3 Å². The Morgan fingerprint density at radius 1 is 1.38 bits per heavy atom. The highest BCUT2D eigenvalue weighted by Crippen LogP contribution is 2.23. The molecular formula is C18H22FN3O2. The van der Waals surface area contributed by atoms with E-state index in [0.29, 0.717) is 36.1 Å². The number of benzene rings is 1. The van der Waals surface area contributed by atoms with Crippen LogP contribution in [0.5, 0.6) is 0 Å². The Kier molecular flexibility index (Phi) is 5.25. The summed E-state index contributed by atoms with van der Waals surface area (Å²) in [6.45, 7) is 1.58. The van der Waals surface area contributed by atoms with Gasteiger partial charge in [-0.15, -0.1) is 0 Å². The van der Waals surface area contributed by atoms with Crippen LogP contribution in [0.3, 0.4) is 0 Å². The second kappa shape index (κ2) is 7.57. The highest BCUT2D eigenvalue weighted by molar-refractivity contribution is 5.76. The van der Waals surface area contributed by atoms with Crippen molar-refractivity contribution in [2.24, 2.45) is 0 Å². The van der Waals surface area contributed by atoms with E-state index in [-0.39, 0.29) is 11.7 Å². The lowest BCUT2D eigenvalue weighted by Crippen LogP contribution is -2.44. The second-order valence-electron chi connectivity index (χ2n) is 6.04. The Labute approximate surface area is 140 Å². The predicted molar refractivity (Wildman–Crippen MR) is 88.9 cm³/mol. The van der Waals surface area contributed by atoms with Crippen LogP contribution >= 0.6 is 0 Å². The molecule has 128 valence electrons. The van der Waals surface area contributed by atoms with Crippen LogP contribution in [0.2, 0.25) is 0 Å². The lowest BCUT2D eigenvalue weighted by atomic mass is 10.0. The Morgan fingerprint density at radius 3 is 2.83 bits per heavy atom. The van der Waals surface area contributed by atoms with E-state index in [1.54, 1.807) is 18.2 Å². The van der Waals surface area contributed by atoms with Gasteiger partial charge in [-0.2, -0.15) is 0 Å². The molecule has 1 fully saturated rings. The number of hydrogen-bond acceptors (Lipinski definition) is 4. The average Bonchev–Trinajstić information content (AvgIpc) is 3.09. The van der Waals surface area contributed by atoms with Gasteiger partial charge in [-0.1, -0.05) is 12.1 Å². The van der Waals surface area contributed by atoms with Crippen molar-refractivity contribution in [3.05, 3.63) is 42.2 Å². The first-order chi connectivity index (χ1) is 11.7. The van der Waals surface area contributed by atoms with E-state index in [2.05, 4.69) is 10.3 Å². The molecule has 1 aromatic heterocycles. The molecule has 1 N–H and O–H groups in total. The molecule has 0 radical (unpaired) electrons. The van der Waals surface area contributed by atoms with Crippen molar-refractivity contribution in [1.29, 1.82) is 0 Å². The van der Waals surface area contributed by atoms with Crippen molar-refractivity contribution in [1.82, 2.24) is 15.2 Å². The van der Waals surface area contributed by atoms with Gasteiger partial charge in [0, 0.05) is 32.0 Å². The summed E-state index contributed by atoms with van der Waals surface area (Å²) in [5, 5.41) is 3.25. The monoisotopic (exact) mass is 331 g/mol. The van der Waals surface area contributed by atoms with Crippen LogP contribution in [0, 0.1) is 5.82 Å². The fourth-order valence-corrected chi connectivity index (χ4v) is 3.00. The number of nitrogens with zero attached hydrogens (tertiary/aromatic N) is 2. The van der Waals surface area contributed by atoms with E-state index < -0.39 is 0 Å². The van der Waals surface area contributed by atoms with Crippen molar-refractivity contribution in [3.63, 3.8) is 0 Å². The molecule has 0 atom stereocenters. The molecule has 5 nitrogen and oxygen atoms in total. The molecule has 3 rings (SSSR count). The van der Waals surface area contributed by atoms with Gasteiger partial charge in [0.25, 0.3) is 0 Å². The maximum Gasteiger partial charge on any atom is 0.223 e. The maximum atomic E-state index is 13.7. The number of halogens is 1. The zero-order chi connectivity index (χ0) is 16.9. The largest absolute Gasteiger partial charge is 0.441 e. The summed E-state index contributed by atoms with van der Waals surface area (Å²) in [6, 6.07) is 6.92. The van der Waals surface area contributed by atoms with Gasteiger partial charge < -0.3 is 14.6 Å². The van der Waals surface area contributed by atoms with Gasteiger partial charge >= 0.3 is 0 Å². The molecule has 0 aliphatic carbocycles. The van der Waals surface area contributed by atoms with E-state index in [4.69, 9.17) is 4.42 Å². The second-order valence-corrected chi connectivity index (χ2v) is 6.04. The van der Waals surface area contributed by atoms with Crippen LogP contribution in [0.1, 0.15) is 25.2 Å². The number of rotatable bonds is 5. The Bertz CT molecular complexity index is 693. The molecule has 2 aromatic rings. The molecule has 1 aromatic carbocycles. The number of oxazole rings is 1. The quantitative estimate of drug-likeness (QED) is 0.915. The van der Waals surface area contributed by atoms with Gasteiger partial charge in [0.05, 0.1) is 11.8 Å². The number of amides is 1. The molecule has 0 spiro atoms. The van der Waals surface area contributed by atoms with E-state index in [9.17, 15) is 9.18 Å². The molecule has 1 aliphatic heterocycles. The van der Waals surface area contributed by atoms with Crippen molar-refractivity contribution in [2.75, 3.05) is 20.1 Å². The van der Waals surface area contributed by atoms with Gasteiger partial charge in [0.15, 0.2) is 11.7 Å². The maximum absolute atomic E-state index is 13.7. The first-order valence-electron chi connectivity index (χ1n) is 8.32. The van der Waals surface area contributed by atoms with Crippen LogP contribution < -0.4 is 5.32 Å². The number of carbonyl (C=O) groups is 1. The van der Waals surface area contributed by atoms with Crippen LogP contribution in [-0.2, 0) is 11.2 Å². The number of piperidine rings is 1. The third-order valence-electron chi connectivity index (χ3n) is 4.50. The highest BCUT2D eigenvalue weighted by Gasteiger charge is 2.22. The van der Waals surface area contributed by atoms with Gasteiger partial charge in [0.1, 0.15) is 5.82 Å². The summed E-state index contributed by atoms with van der Waals surface area (Å²) in [7, 11) is 1.96. The molecule has 0 saturated carbocycles. The molecule has 2 heterocycles. The highest BCUT2D eigenvalue weighted by atomic mass is 19.1. The van der Waals surface area contributed by atoms with Gasteiger partial charge in [-0.05, 0) is 32.0 Å². The van der Waals surface area contributed by atoms with E-state index >= 15 is 0 Å². The zero-order valence-corrected chi connectivity index (χ0v) is 13.8. The number of aromatic nitrogens is 1. The summed E-state index contributed by atoms with van der Waals surface area (Å²) in [5.74, 6) is 0.635. The number of carbonyl (C=O) groups excluding carboxylic acids is 1. The topological polar surface area (TPSA) is 58.4 Å². The predicted octanol–water partition coefficient (Wildman–Crippen LogP) is 2.62. The van der Waals surface area contributed by atoms with Crippen LogP contribution in [0.15, 0.2) is 34.9 Å². The van der Waals surface area contributed by atoms with E-state index in [1.165, 1.54) is 12.3 Å². The third-order valence-corrected chi connectivity index (χ3v) is 4.50. The summed E-state index contributed by atoms with van der Waals surface area (Å²) >= 11 is 0. The molecule has 1 amide bonds. The number of hydrogen-bond donors (Lipinski definition) is 1. The molecule has 6 heteroatoms. The fraction of sp³-hybridized carbons (Fsp3) is 0.444. The minimum Gasteiger partial charge on any atom is -0.441 e. The smallest absolute Gasteiger partial charge is 0.223 e. The summed E-state index contributed by atoms with van der Waals surface area (Å²) in [6.07, 6.45) is 4.27. The molecule has 1 aliphatic rings. The lowest BCUT2D eigenvalue weighted by molar-refractivity contribution is -0.132. The van der Waals surface area contributed by atoms with Gasteiger partial charge in [-0.25, -0.2) is 9.37 Å². The van der Waals surface area contributed by atoms with Gasteiger partial charge in [-0.3, -0.25) is 4.79 Å². The molecule has 1 saturated heterocycles. The molecule has 0 bridgehead atoms. The van der Waals surface area contributed by atoms with Crippen LogP contribution in [-0.4, -0.2) is 42.0 Å². The standard InChI is InChI=1S/C18H22FN3O2/c1-20-13-8-10-22(11-9-13)18(23)7-6-17-21-12-16(24-17)14-4-2-3-5-15(14)19/h2-5,12-13,20H,6-11H2,1H3. The zero-order valence-electron chi connectivity index (χ0n) is 13.8. The minimum atomic E-state index is -0.344. The summed E-state index contributed by atoms with van der Waals surface area (Å²) in [5.41, 5.74) is 0.386. The number of likely N-dealkylation sites (tertiary alicyclic amines) is 1. The Morgan fingerprint density at radius 2 is 2.12 bits per heavy atom. The average molecular weight is 331 g/mol. The molecule has 24 heavy (non-hydrogen) atoms. The molecule has 0 unspecified atom stereocenters. The first kappa shape index (κ1) is 16.6. The number of aryl methyl sites for hydroxylation is 1. The van der Waals surface area contributed by atoms with Gasteiger partial charge in [0.2, 0.25) is 5.91 Å². The molecular weight excluding hydrogens is 309 g/mol. The summed E-state index contributed by atoms with van der Waals surface area (Å²) < 4.78 is 19.3. The third kappa shape index (κ3) is 3.82. The van der Waals surface area contributed by atoms with Crippen LogP contribution in [0.4, 0.5) is 4.39 Å². The fourth-order valence-electron chi connectivity index (χ4n) is 3.00. The van der Waals surface area contributed by atoms with E-state index in [0.717, 1.165) is 25.9 Å². The normalized spacial score (nSPS) is 15.7. The van der Waals surface area contributed by atoms with Crippen molar-refractivity contribution < 1.29 is 13.6 Å². The van der Waals surface area contributed by atoms with Crippen LogP contribution in [0.25, 0.3) is 11.3 Å². The van der Waals surface area contributed by atoms with Crippen molar-refractivity contribution >= 4 is 5.91 Å². The van der Waals surface area contributed by atoms with E-state index in [1.807, 2.05) is 11.9 Å². The summed E-state index contributed by atoms with van der Waals surface area (Å²) in [4.78, 5) is 18.3. The van der Waals surface area contributed by atoms with Crippen molar-refractivity contribution in [2.45, 2.75) is 31.7 Å².